The summed E-state index contributed by atoms with van der Waals surface area (Å²) in [7, 11) is 2.10. The van der Waals surface area contributed by atoms with Crippen LogP contribution in [0.4, 0.5) is 0 Å². The number of nitrogens with zero attached hydrogens (tertiary/aromatic N) is 1. The SMILES string of the molecule is Cc1ccccc1CN(C)C(CN)c1cccc(Cl)c1. The molecule has 20 heavy (non-hydrogen) atoms. The fourth-order valence-corrected chi connectivity index (χ4v) is 2.65. The molecule has 0 radical (unpaired) electrons. The Bertz CT molecular complexity index is 568. The van der Waals surface area contributed by atoms with Crippen LogP contribution in [0.1, 0.15) is 22.7 Å². The van der Waals surface area contributed by atoms with E-state index in [9.17, 15) is 0 Å². The number of nitrogens with two attached hydrogens (primary N) is 1. The molecule has 0 fully saturated rings. The molecule has 2 nitrogen and oxygen atoms in total. The standard InChI is InChI=1S/C17H21ClN2/c1-13-6-3-4-7-15(13)12-20(2)17(11-19)14-8-5-9-16(18)10-14/h3-10,17H,11-12,19H2,1-2H3. The van der Waals surface area contributed by atoms with Crippen molar-refractivity contribution in [1.82, 2.24) is 4.90 Å². The molecular weight excluding hydrogens is 268 g/mol. The summed E-state index contributed by atoms with van der Waals surface area (Å²) in [5, 5.41) is 0.755. The van der Waals surface area contributed by atoms with Crippen molar-refractivity contribution in [2.45, 2.75) is 19.5 Å². The highest BCUT2D eigenvalue weighted by molar-refractivity contribution is 6.30. The minimum Gasteiger partial charge on any atom is -0.329 e. The zero-order valence-corrected chi connectivity index (χ0v) is 12.8. The highest BCUT2D eigenvalue weighted by atomic mass is 35.5. The van der Waals surface area contributed by atoms with Gasteiger partial charge in [-0.25, -0.2) is 0 Å². The van der Waals surface area contributed by atoms with Gasteiger partial charge in [0.15, 0.2) is 0 Å². The quantitative estimate of drug-likeness (QED) is 0.907. The van der Waals surface area contributed by atoms with Crippen molar-refractivity contribution in [3.05, 3.63) is 70.2 Å². The normalized spacial score (nSPS) is 12.7. The van der Waals surface area contributed by atoms with E-state index in [0.29, 0.717) is 6.54 Å². The van der Waals surface area contributed by atoms with E-state index in [1.807, 2.05) is 18.2 Å². The fourth-order valence-electron chi connectivity index (χ4n) is 2.45. The molecular formula is C17H21ClN2. The summed E-state index contributed by atoms with van der Waals surface area (Å²) in [6.45, 7) is 3.59. The molecule has 0 aliphatic rings. The van der Waals surface area contributed by atoms with Gasteiger partial charge in [0.1, 0.15) is 0 Å². The maximum Gasteiger partial charge on any atom is 0.0471 e. The number of hydrogen-bond donors (Lipinski definition) is 1. The van der Waals surface area contributed by atoms with E-state index >= 15 is 0 Å². The average molecular weight is 289 g/mol. The monoisotopic (exact) mass is 288 g/mol. The molecule has 2 aromatic carbocycles. The molecule has 0 spiro atoms. The van der Waals surface area contributed by atoms with E-state index in [4.69, 9.17) is 17.3 Å². The lowest BCUT2D eigenvalue weighted by Gasteiger charge is -2.28. The van der Waals surface area contributed by atoms with Gasteiger partial charge in [-0.3, -0.25) is 4.90 Å². The number of hydrogen-bond acceptors (Lipinski definition) is 2. The van der Waals surface area contributed by atoms with Crippen molar-refractivity contribution in [3.8, 4) is 0 Å². The van der Waals surface area contributed by atoms with Gasteiger partial charge in [-0.15, -0.1) is 0 Å². The molecule has 2 aromatic rings. The number of rotatable bonds is 5. The predicted molar refractivity (Wildman–Crippen MR) is 85.9 cm³/mol. The van der Waals surface area contributed by atoms with Crippen LogP contribution < -0.4 is 5.73 Å². The maximum atomic E-state index is 6.08. The van der Waals surface area contributed by atoms with Gasteiger partial charge in [-0.1, -0.05) is 48.0 Å². The minimum atomic E-state index is 0.174. The Balaban J connectivity index is 2.17. The first-order valence-electron chi connectivity index (χ1n) is 6.82. The summed E-state index contributed by atoms with van der Waals surface area (Å²) in [6.07, 6.45) is 0. The molecule has 0 amide bonds. The zero-order chi connectivity index (χ0) is 14.5. The van der Waals surface area contributed by atoms with Gasteiger partial charge in [-0.2, -0.15) is 0 Å². The molecule has 3 heteroatoms. The Kier molecular flexibility index (Phi) is 5.18. The Hall–Kier alpha value is -1.35. The zero-order valence-electron chi connectivity index (χ0n) is 12.0. The average Bonchev–Trinajstić information content (AvgIpc) is 2.42. The van der Waals surface area contributed by atoms with Crippen LogP contribution in [-0.4, -0.2) is 18.5 Å². The second-order valence-electron chi connectivity index (χ2n) is 5.15. The highest BCUT2D eigenvalue weighted by Gasteiger charge is 2.16. The van der Waals surface area contributed by atoms with Crippen molar-refractivity contribution >= 4 is 11.6 Å². The molecule has 0 saturated carbocycles. The van der Waals surface area contributed by atoms with Crippen molar-refractivity contribution in [2.24, 2.45) is 5.73 Å². The molecule has 0 aliphatic heterocycles. The van der Waals surface area contributed by atoms with Gasteiger partial charge in [0.25, 0.3) is 0 Å². The number of likely N-dealkylation sites (N-methyl/N-ethyl adjacent to an activating group) is 1. The van der Waals surface area contributed by atoms with Crippen LogP contribution in [0.15, 0.2) is 48.5 Å². The Morgan fingerprint density at radius 3 is 2.55 bits per heavy atom. The number of halogens is 1. The van der Waals surface area contributed by atoms with E-state index in [2.05, 4.69) is 49.2 Å². The van der Waals surface area contributed by atoms with E-state index in [1.165, 1.54) is 11.1 Å². The van der Waals surface area contributed by atoms with Gasteiger partial charge >= 0.3 is 0 Å². The molecule has 2 N–H and O–H groups in total. The summed E-state index contributed by atoms with van der Waals surface area (Å²) in [4.78, 5) is 2.27. The van der Waals surface area contributed by atoms with Gasteiger partial charge < -0.3 is 5.73 Å². The second kappa shape index (κ2) is 6.89. The van der Waals surface area contributed by atoms with Crippen LogP contribution in [0.2, 0.25) is 5.02 Å². The third-order valence-electron chi connectivity index (χ3n) is 3.67. The van der Waals surface area contributed by atoms with Crippen molar-refractivity contribution in [2.75, 3.05) is 13.6 Å². The third kappa shape index (κ3) is 3.60. The van der Waals surface area contributed by atoms with Gasteiger partial charge in [0.05, 0.1) is 0 Å². The van der Waals surface area contributed by atoms with Crippen molar-refractivity contribution in [3.63, 3.8) is 0 Å². The lowest BCUT2D eigenvalue weighted by Crippen LogP contribution is -2.30. The topological polar surface area (TPSA) is 29.3 Å². The van der Waals surface area contributed by atoms with Crippen molar-refractivity contribution in [1.29, 1.82) is 0 Å². The smallest absolute Gasteiger partial charge is 0.0471 e. The van der Waals surface area contributed by atoms with E-state index in [1.54, 1.807) is 0 Å². The van der Waals surface area contributed by atoms with E-state index in [-0.39, 0.29) is 6.04 Å². The lowest BCUT2D eigenvalue weighted by atomic mass is 10.0. The summed E-state index contributed by atoms with van der Waals surface area (Å²) in [6, 6.07) is 16.6. The first-order chi connectivity index (χ1) is 9.61. The number of benzene rings is 2. The fraction of sp³-hybridized carbons (Fsp3) is 0.294. The molecule has 0 bridgehead atoms. The maximum absolute atomic E-state index is 6.08. The summed E-state index contributed by atoms with van der Waals surface area (Å²) in [5.41, 5.74) is 9.76. The molecule has 0 aliphatic carbocycles. The van der Waals surface area contributed by atoms with Crippen LogP contribution in [-0.2, 0) is 6.54 Å². The summed E-state index contributed by atoms with van der Waals surface area (Å²) in [5.74, 6) is 0. The first-order valence-corrected chi connectivity index (χ1v) is 7.20. The predicted octanol–water partition coefficient (Wildman–Crippen LogP) is 3.78. The third-order valence-corrected chi connectivity index (χ3v) is 3.90. The largest absolute Gasteiger partial charge is 0.329 e. The Morgan fingerprint density at radius 1 is 1.15 bits per heavy atom. The Morgan fingerprint density at radius 2 is 1.90 bits per heavy atom. The Labute approximate surface area is 126 Å². The molecule has 106 valence electrons. The van der Waals surface area contributed by atoms with Crippen LogP contribution in [0.25, 0.3) is 0 Å². The lowest BCUT2D eigenvalue weighted by molar-refractivity contribution is 0.241. The summed E-state index contributed by atoms with van der Waals surface area (Å²) >= 11 is 6.08. The van der Waals surface area contributed by atoms with Crippen LogP contribution in [0.5, 0.6) is 0 Å². The van der Waals surface area contributed by atoms with Crippen LogP contribution in [0, 0.1) is 6.92 Å². The van der Waals surface area contributed by atoms with Gasteiger partial charge in [-0.05, 0) is 42.8 Å². The molecule has 0 saturated heterocycles. The van der Waals surface area contributed by atoms with Gasteiger partial charge in [0.2, 0.25) is 0 Å². The van der Waals surface area contributed by atoms with E-state index in [0.717, 1.165) is 17.1 Å². The van der Waals surface area contributed by atoms with E-state index < -0.39 is 0 Å². The number of aryl methyl sites for hydroxylation is 1. The van der Waals surface area contributed by atoms with Crippen LogP contribution >= 0.6 is 11.6 Å². The molecule has 0 heterocycles. The van der Waals surface area contributed by atoms with Crippen molar-refractivity contribution < 1.29 is 0 Å². The molecule has 1 unspecified atom stereocenters. The first kappa shape index (κ1) is 15.0. The second-order valence-corrected chi connectivity index (χ2v) is 5.58. The molecule has 1 atom stereocenters. The molecule has 2 rings (SSSR count). The van der Waals surface area contributed by atoms with Crippen LogP contribution in [0.3, 0.4) is 0 Å². The molecule has 0 aromatic heterocycles. The highest BCUT2D eigenvalue weighted by Crippen LogP contribution is 2.23. The van der Waals surface area contributed by atoms with Gasteiger partial charge in [0, 0.05) is 24.2 Å². The minimum absolute atomic E-state index is 0.174. The summed E-state index contributed by atoms with van der Waals surface area (Å²) < 4.78 is 0.